The topological polar surface area (TPSA) is 131 Å². The van der Waals surface area contributed by atoms with Gasteiger partial charge >= 0.3 is 0 Å². The van der Waals surface area contributed by atoms with Crippen LogP contribution in [0.4, 0.5) is 11.4 Å². The van der Waals surface area contributed by atoms with Crippen LogP contribution >= 0.6 is 0 Å². The lowest BCUT2D eigenvalue weighted by Crippen LogP contribution is -2.31. The molecule has 6 amide bonds. The van der Waals surface area contributed by atoms with E-state index in [0.717, 1.165) is 49.4 Å². The van der Waals surface area contributed by atoms with Crippen LogP contribution in [0.2, 0.25) is 0 Å². The minimum atomic E-state index is -0.399. The highest BCUT2D eigenvalue weighted by molar-refractivity contribution is 6.35. The Kier molecular flexibility index (Phi) is 11.8. The number of hydrogen-bond acceptors (Lipinski definition) is 8. The number of amides is 6. The third kappa shape index (κ3) is 7.87. The summed E-state index contributed by atoms with van der Waals surface area (Å²) >= 11 is 0. The van der Waals surface area contributed by atoms with Crippen molar-refractivity contribution >= 4 is 46.8 Å². The van der Waals surface area contributed by atoms with E-state index in [-0.39, 0.29) is 35.1 Å². The number of benzene rings is 6. The fraction of sp³-hybridized carbons (Fsp3) is 0.228. The molecule has 11 nitrogen and oxygen atoms in total. The minimum Gasteiger partial charge on any atom is -0.457 e. The summed E-state index contributed by atoms with van der Waals surface area (Å²) in [5.41, 5.74) is 10.0. The second kappa shape index (κ2) is 17.7. The molecular weight excluding hydrogens is 855 g/mol. The Morgan fingerprint density at radius 3 is 1.21 bits per heavy atom. The van der Waals surface area contributed by atoms with Crippen molar-refractivity contribution in [2.24, 2.45) is 0 Å². The molecule has 6 aromatic carbocycles. The number of nitrogens with zero attached hydrogens (tertiary/aromatic N) is 3. The van der Waals surface area contributed by atoms with Gasteiger partial charge in [0.05, 0.1) is 33.6 Å². The van der Waals surface area contributed by atoms with Crippen LogP contribution in [0.15, 0.2) is 121 Å². The molecule has 0 spiro atoms. The summed E-state index contributed by atoms with van der Waals surface area (Å²) in [7, 11) is 1.46. The number of carbonyl (C=O) groups excluding carboxylic acids is 6. The molecule has 0 radical (unpaired) electrons. The van der Waals surface area contributed by atoms with Crippen LogP contribution in [0.25, 0.3) is 0 Å². The highest BCUT2D eigenvalue weighted by atomic mass is 16.5. The zero-order valence-corrected chi connectivity index (χ0v) is 39.2. The number of imide groups is 3. The van der Waals surface area contributed by atoms with Gasteiger partial charge in [-0.3, -0.25) is 33.7 Å². The minimum absolute atomic E-state index is 0.280. The highest BCUT2D eigenvalue weighted by Gasteiger charge is 2.39. The molecule has 11 heteroatoms. The first-order valence-electron chi connectivity index (χ1n) is 23.1. The Hall–Kier alpha value is -7.92. The van der Waals surface area contributed by atoms with E-state index in [1.807, 2.05) is 76.2 Å². The molecule has 0 aliphatic carbocycles. The van der Waals surface area contributed by atoms with Gasteiger partial charge in [-0.25, -0.2) is 9.80 Å². The maximum Gasteiger partial charge on any atom is 0.266 e. The Balaban J connectivity index is 0.896. The quantitative estimate of drug-likeness (QED) is 0.0988. The number of fused-ring (bicyclic) bond motifs is 2. The average Bonchev–Trinajstić information content (AvgIpc) is 3.89. The van der Waals surface area contributed by atoms with Gasteiger partial charge < -0.3 is 9.47 Å². The summed E-state index contributed by atoms with van der Waals surface area (Å²) in [5.74, 6) is -0.0503. The Labute approximate surface area is 395 Å². The van der Waals surface area contributed by atoms with Crippen LogP contribution in [-0.4, -0.2) is 47.4 Å². The normalized spacial score (nSPS) is 14.4. The lowest BCUT2D eigenvalue weighted by Gasteiger charge is -2.26. The van der Waals surface area contributed by atoms with Crippen molar-refractivity contribution in [3.63, 3.8) is 0 Å². The summed E-state index contributed by atoms with van der Waals surface area (Å²) in [6, 6.07) is 33.7. The van der Waals surface area contributed by atoms with Crippen LogP contribution in [0.1, 0.15) is 127 Å². The summed E-state index contributed by atoms with van der Waals surface area (Å²) in [6.45, 7) is 12.3. The summed E-state index contributed by atoms with van der Waals surface area (Å²) in [6.07, 6.45) is 5.71. The van der Waals surface area contributed by atoms with Crippen molar-refractivity contribution in [2.45, 2.75) is 79.1 Å². The van der Waals surface area contributed by atoms with Crippen molar-refractivity contribution in [3.05, 3.63) is 188 Å². The molecule has 0 aromatic heterocycles. The molecule has 9 rings (SSSR count). The average molecular weight is 906 g/mol. The SMILES string of the molecule is CCc1cc(Cc2cc(CC)c(N3C(=O)c4ccc(Oc5ccc(C(C)(C)c6ccc(Oc7ccc8c(c7)C(=O)N(C)C8=O)cc6)cc5)cc4C3=O)c(CC)c2)cc(CC)c1N1C(=O)C=CC1=O. The third-order valence-electron chi connectivity index (χ3n) is 13.4. The lowest BCUT2D eigenvalue weighted by atomic mass is 9.78. The lowest BCUT2D eigenvalue weighted by molar-refractivity contribution is -0.120. The standard InChI is InChI=1S/C57H51N3O8/c1-8-35-27-33(28-36(9-2)51(35)59-49(61)24-25-50(59)62)26-34-29-37(10-3)52(38(11-4)30-34)60-55(65)46-23-21-44(32-48(46)56(60)66)68-42-18-14-40(15-19-42)57(5,6)39-12-16-41(17-13-39)67-43-20-22-45-47(31-43)54(64)58(7)53(45)63/h12-25,27-32H,8-11,26H2,1-7H3. The zero-order chi connectivity index (χ0) is 48.2. The molecule has 342 valence electrons. The predicted octanol–water partition coefficient (Wildman–Crippen LogP) is 10.9. The van der Waals surface area contributed by atoms with Crippen LogP contribution < -0.4 is 19.3 Å². The van der Waals surface area contributed by atoms with Crippen molar-refractivity contribution in [1.82, 2.24) is 4.90 Å². The fourth-order valence-electron chi connectivity index (χ4n) is 9.59. The van der Waals surface area contributed by atoms with E-state index in [9.17, 15) is 28.8 Å². The summed E-state index contributed by atoms with van der Waals surface area (Å²) in [5, 5.41) is 0. The number of carbonyl (C=O) groups is 6. The number of aryl methyl sites for hydroxylation is 4. The predicted molar refractivity (Wildman–Crippen MR) is 260 cm³/mol. The molecule has 68 heavy (non-hydrogen) atoms. The molecule has 0 fully saturated rings. The van der Waals surface area contributed by atoms with Gasteiger partial charge in [0, 0.05) is 24.6 Å². The van der Waals surface area contributed by atoms with Crippen molar-refractivity contribution in [1.29, 1.82) is 0 Å². The fourth-order valence-corrected chi connectivity index (χ4v) is 9.59. The maximum absolute atomic E-state index is 14.3. The summed E-state index contributed by atoms with van der Waals surface area (Å²) in [4.78, 5) is 82.2. The van der Waals surface area contributed by atoms with Gasteiger partial charge in [-0.1, -0.05) is 90.1 Å². The van der Waals surface area contributed by atoms with Gasteiger partial charge in [0.2, 0.25) is 0 Å². The van der Waals surface area contributed by atoms with Crippen molar-refractivity contribution in [3.8, 4) is 23.0 Å². The van der Waals surface area contributed by atoms with Crippen molar-refractivity contribution in [2.75, 3.05) is 16.8 Å². The number of ether oxygens (including phenoxy) is 2. The molecular formula is C57H51N3O8. The molecule has 0 saturated heterocycles. The number of rotatable bonds is 14. The van der Waals surface area contributed by atoms with Gasteiger partial charge in [0.1, 0.15) is 23.0 Å². The van der Waals surface area contributed by atoms with Crippen LogP contribution in [-0.2, 0) is 47.1 Å². The second-order valence-electron chi connectivity index (χ2n) is 17.9. The van der Waals surface area contributed by atoms with E-state index in [1.165, 1.54) is 29.0 Å². The van der Waals surface area contributed by atoms with Crippen LogP contribution in [0.3, 0.4) is 0 Å². The Morgan fingerprint density at radius 2 is 0.779 bits per heavy atom. The van der Waals surface area contributed by atoms with Gasteiger partial charge in [0.15, 0.2) is 0 Å². The molecule has 3 aliphatic heterocycles. The molecule has 6 aromatic rings. The third-order valence-corrected chi connectivity index (χ3v) is 13.4. The molecule has 0 unspecified atom stereocenters. The molecule has 0 N–H and O–H groups in total. The largest absolute Gasteiger partial charge is 0.457 e. The van der Waals surface area contributed by atoms with Gasteiger partial charge in [-0.2, -0.15) is 0 Å². The Morgan fingerprint density at radius 1 is 0.426 bits per heavy atom. The monoisotopic (exact) mass is 905 g/mol. The van der Waals surface area contributed by atoms with E-state index < -0.39 is 11.3 Å². The van der Waals surface area contributed by atoms with E-state index in [1.54, 1.807) is 36.4 Å². The molecule has 3 aliphatic rings. The Bertz CT molecular complexity index is 3080. The van der Waals surface area contributed by atoms with Crippen molar-refractivity contribution < 1.29 is 38.2 Å². The van der Waals surface area contributed by atoms with E-state index in [0.29, 0.717) is 83.2 Å². The van der Waals surface area contributed by atoms with Gasteiger partial charge in [-0.15, -0.1) is 0 Å². The maximum atomic E-state index is 14.3. The summed E-state index contributed by atoms with van der Waals surface area (Å²) < 4.78 is 12.3. The van der Waals surface area contributed by atoms with Crippen LogP contribution in [0, 0.1) is 0 Å². The first kappa shape index (κ1) is 45.2. The highest BCUT2D eigenvalue weighted by Crippen LogP contribution is 2.40. The number of hydrogen-bond donors (Lipinski definition) is 0. The van der Waals surface area contributed by atoms with E-state index in [2.05, 4.69) is 38.1 Å². The zero-order valence-electron chi connectivity index (χ0n) is 39.2. The first-order chi connectivity index (χ1) is 32.6. The molecule has 0 atom stereocenters. The molecule has 0 saturated carbocycles. The first-order valence-corrected chi connectivity index (χ1v) is 23.1. The van der Waals surface area contributed by atoms with Gasteiger partial charge in [0.25, 0.3) is 35.4 Å². The molecule has 3 heterocycles. The smallest absolute Gasteiger partial charge is 0.266 e. The second-order valence-corrected chi connectivity index (χ2v) is 17.9. The van der Waals surface area contributed by atoms with E-state index >= 15 is 0 Å². The number of anilines is 2. The molecule has 0 bridgehead atoms. The van der Waals surface area contributed by atoms with E-state index in [4.69, 9.17) is 9.47 Å². The van der Waals surface area contributed by atoms with Gasteiger partial charge in [-0.05, 0) is 137 Å². The van der Waals surface area contributed by atoms with Crippen LogP contribution in [0.5, 0.6) is 23.0 Å².